The standard InChI is InChI=1S/C22H23N3OS/c1-15(26)25-14-18-11-19(25)13-24(18)12-17-8-6-16(7-9-17)10-22-23-20-4-2-3-5-21(20)27-22/h2-9,18-19H,10-14H2,1H3. The number of para-hydroxylation sites is 1. The summed E-state index contributed by atoms with van der Waals surface area (Å²) in [6.07, 6.45) is 2.02. The summed E-state index contributed by atoms with van der Waals surface area (Å²) >= 11 is 1.78. The topological polar surface area (TPSA) is 36.4 Å². The predicted octanol–water partition coefficient (Wildman–Crippen LogP) is 3.69. The maximum atomic E-state index is 11.6. The molecule has 2 fully saturated rings. The lowest BCUT2D eigenvalue weighted by Gasteiger charge is -2.33. The van der Waals surface area contributed by atoms with Crippen molar-refractivity contribution in [2.24, 2.45) is 0 Å². The van der Waals surface area contributed by atoms with Crippen molar-refractivity contribution in [3.8, 4) is 0 Å². The SMILES string of the molecule is CC(=O)N1CC2CC1CN2Cc1ccc(Cc2nc3ccccc3s2)cc1. The van der Waals surface area contributed by atoms with Crippen molar-refractivity contribution in [1.29, 1.82) is 0 Å². The van der Waals surface area contributed by atoms with Gasteiger partial charge in [0.05, 0.1) is 15.2 Å². The Morgan fingerprint density at radius 1 is 1.07 bits per heavy atom. The van der Waals surface area contributed by atoms with Crippen LogP contribution in [-0.4, -0.2) is 45.9 Å². The van der Waals surface area contributed by atoms with Crippen LogP contribution in [0.4, 0.5) is 0 Å². The molecular formula is C22H23N3OS. The quantitative estimate of drug-likeness (QED) is 0.696. The second-order valence-corrected chi connectivity index (χ2v) is 8.83. The molecule has 2 aliphatic heterocycles. The Hall–Kier alpha value is -2.24. The zero-order chi connectivity index (χ0) is 18.4. The number of carbonyl (C=O) groups is 1. The van der Waals surface area contributed by atoms with E-state index in [-0.39, 0.29) is 5.91 Å². The van der Waals surface area contributed by atoms with Crippen LogP contribution in [0.1, 0.15) is 29.5 Å². The van der Waals surface area contributed by atoms with Gasteiger partial charge in [0.15, 0.2) is 0 Å². The summed E-state index contributed by atoms with van der Waals surface area (Å²) in [4.78, 5) is 21.0. The average molecular weight is 378 g/mol. The maximum absolute atomic E-state index is 11.6. The highest BCUT2D eigenvalue weighted by Crippen LogP contribution is 2.32. The summed E-state index contributed by atoms with van der Waals surface area (Å²) in [6, 6.07) is 18.2. The summed E-state index contributed by atoms with van der Waals surface area (Å²) in [5, 5.41) is 1.17. The predicted molar refractivity (Wildman–Crippen MR) is 109 cm³/mol. The van der Waals surface area contributed by atoms with Gasteiger partial charge in [0.2, 0.25) is 5.91 Å². The molecule has 2 aliphatic rings. The molecule has 0 radical (unpaired) electrons. The summed E-state index contributed by atoms with van der Waals surface area (Å²) in [6.45, 7) is 4.58. The van der Waals surface area contributed by atoms with Gasteiger partial charge < -0.3 is 4.90 Å². The zero-order valence-electron chi connectivity index (χ0n) is 15.5. The molecule has 27 heavy (non-hydrogen) atoms. The Morgan fingerprint density at radius 3 is 2.56 bits per heavy atom. The Kier molecular flexibility index (Phi) is 4.21. The van der Waals surface area contributed by atoms with Gasteiger partial charge in [-0.05, 0) is 29.7 Å². The fraction of sp³-hybridized carbons (Fsp3) is 0.364. The van der Waals surface area contributed by atoms with E-state index in [2.05, 4.69) is 47.4 Å². The van der Waals surface area contributed by atoms with E-state index in [1.54, 1.807) is 18.3 Å². The number of thiazole rings is 1. The number of amides is 1. The summed E-state index contributed by atoms with van der Waals surface area (Å²) in [7, 11) is 0. The van der Waals surface area contributed by atoms with Crippen molar-refractivity contribution in [3.63, 3.8) is 0 Å². The third kappa shape index (κ3) is 3.26. The minimum absolute atomic E-state index is 0.223. The van der Waals surface area contributed by atoms with Gasteiger partial charge in [0, 0.05) is 45.1 Å². The molecule has 0 N–H and O–H groups in total. The third-order valence-electron chi connectivity index (χ3n) is 5.86. The molecule has 5 rings (SSSR count). The lowest BCUT2D eigenvalue weighted by Crippen LogP contribution is -2.47. The van der Waals surface area contributed by atoms with Crippen LogP contribution in [0.2, 0.25) is 0 Å². The zero-order valence-corrected chi connectivity index (χ0v) is 16.3. The van der Waals surface area contributed by atoms with Gasteiger partial charge in [-0.2, -0.15) is 0 Å². The lowest BCUT2D eigenvalue weighted by molar-refractivity contribution is -0.131. The molecule has 2 aromatic carbocycles. The summed E-state index contributed by atoms with van der Waals surface area (Å²) in [5.74, 6) is 0.223. The highest BCUT2D eigenvalue weighted by molar-refractivity contribution is 7.18. The first kappa shape index (κ1) is 16.9. The first-order valence-corrected chi connectivity index (χ1v) is 10.4. The number of piperazine rings is 1. The van der Waals surface area contributed by atoms with Crippen molar-refractivity contribution in [2.45, 2.75) is 38.4 Å². The van der Waals surface area contributed by atoms with Gasteiger partial charge in [-0.25, -0.2) is 4.98 Å². The van der Waals surface area contributed by atoms with E-state index in [4.69, 9.17) is 4.98 Å². The van der Waals surface area contributed by atoms with Crippen LogP contribution in [0.15, 0.2) is 48.5 Å². The number of hydrogen-bond acceptors (Lipinski definition) is 4. The summed E-state index contributed by atoms with van der Waals surface area (Å²) in [5.41, 5.74) is 3.76. The van der Waals surface area contributed by atoms with Gasteiger partial charge in [0.25, 0.3) is 0 Å². The van der Waals surface area contributed by atoms with E-state index in [0.717, 1.165) is 38.0 Å². The number of likely N-dealkylation sites (tertiary alicyclic amines) is 2. The Balaban J connectivity index is 1.23. The molecule has 2 unspecified atom stereocenters. The van der Waals surface area contributed by atoms with Gasteiger partial charge in [-0.15, -0.1) is 11.3 Å². The molecule has 0 aliphatic carbocycles. The van der Waals surface area contributed by atoms with Crippen LogP contribution in [0.25, 0.3) is 10.2 Å². The number of carbonyl (C=O) groups excluding carboxylic acids is 1. The fourth-order valence-electron chi connectivity index (χ4n) is 4.50. The molecule has 1 aromatic heterocycles. The normalized spacial score (nSPS) is 22.0. The molecule has 5 heteroatoms. The van der Waals surface area contributed by atoms with Crippen LogP contribution in [-0.2, 0) is 17.8 Å². The van der Waals surface area contributed by atoms with Crippen LogP contribution >= 0.6 is 11.3 Å². The van der Waals surface area contributed by atoms with E-state index in [1.165, 1.54) is 20.8 Å². The van der Waals surface area contributed by atoms with Crippen LogP contribution in [0.3, 0.4) is 0 Å². The van der Waals surface area contributed by atoms with Crippen molar-refractivity contribution < 1.29 is 4.79 Å². The van der Waals surface area contributed by atoms with Crippen molar-refractivity contribution in [1.82, 2.24) is 14.8 Å². The number of nitrogens with zero attached hydrogens (tertiary/aromatic N) is 3. The van der Waals surface area contributed by atoms with Gasteiger partial charge in [-0.3, -0.25) is 9.69 Å². The molecule has 1 amide bonds. The first-order chi connectivity index (χ1) is 13.2. The second kappa shape index (κ2) is 6.73. The highest BCUT2D eigenvalue weighted by Gasteiger charge is 2.43. The molecule has 138 valence electrons. The van der Waals surface area contributed by atoms with Crippen molar-refractivity contribution in [3.05, 3.63) is 64.7 Å². The van der Waals surface area contributed by atoms with E-state index >= 15 is 0 Å². The maximum Gasteiger partial charge on any atom is 0.219 e. The lowest BCUT2D eigenvalue weighted by atomic mass is 10.1. The van der Waals surface area contributed by atoms with E-state index < -0.39 is 0 Å². The number of aromatic nitrogens is 1. The van der Waals surface area contributed by atoms with Crippen LogP contribution in [0, 0.1) is 0 Å². The minimum atomic E-state index is 0.223. The smallest absolute Gasteiger partial charge is 0.219 e. The number of fused-ring (bicyclic) bond motifs is 3. The van der Waals surface area contributed by atoms with Gasteiger partial charge in [0.1, 0.15) is 0 Å². The van der Waals surface area contributed by atoms with E-state index in [1.807, 2.05) is 11.0 Å². The first-order valence-electron chi connectivity index (χ1n) is 9.59. The Morgan fingerprint density at radius 2 is 1.85 bits per heavy atom. The molecule has 4 nitrogen and oxygen atoms in total. The number of hydrogen-bond donors (Lipinski definition) is 0. The second-order valence-electron chi connectivity index (χ2n) is 7.71. The number of benzene rings is 2. The molecule has 2 saturated heterocycles. The van der Waals surface area contributed by atoms with E-state index in [0.29, 0.717) is 12.1 Å². The summed E-state index contributed by atoms with van der Waals surface area (Å²) < 4.78 is 1.26. The highest BCUT2D eigenvalue weighted by atomic mass is 32.1. The largest absolute Gasteiger partial charge is 0.337 e. The van der Waals surface area contributed by atoms with Crippen LogP contribution < -0.4 is 0 Å². The molecular weight excluding hydrogens is 354 g/mol. The fourth-order valence-corrected chi connectivity index (χ4v) is 5.50. The number of rotatable bonds is 4. The third-order valence-corrected chi connectivity index (χ3v) is 6.90. The van der Waals surface area contributed by atoms with Crippen molar-refractivity contribution >= 4 is 27.5 Å². The molecule has 0 saturated carbocycles. The molecule has 3 heterocycles. The molecule has 2 atom stereocenters. The monoisotopic (exact) mass is 377 g/mol. The van der Waals surface area contributed by atoms with E-state index in [9.17, 15) is 4.79 Å². The van der Waals surface area contributed by atoms with Gasteiger partial charge >= 0.3 is 0 Å². The Labute approximate surface area is 163 Å². The molecule has 0 spiro atoms. The Bertz CT molecular complexity index is 948. The minimum Gasteiger partial charge on any atom is -0.337 e. The molecule has 2 bridgehead atoms. The van der Waals surface area contributed by atoms with Crippen molar-refractivity contribution in [2.75, 3.05) is 13.1 Å². The van der Waals surface area contributed by atoms with Gasteiger partial charge in [-0.1, -0.05) is 36.4 Å². The average Bonchev–Trinajstić information content (AvgIpc) is 3.36. The molecule has 3 aromatic rings. The van der Waals surface area contributed by atoms with Crippen LogP contribution in [0.5, 0.6) is 0 Å².